The van der Waals surface area contributed by atoms with Crippen LogP contribution in [0.2, 0.25) is 0 Å². The average molecular weight is 257 g/mol. The van der Waals surface area contributed by atoms with E-state index in [0.717, 1.165) is 24.1 Å². The molecule has 0 radical (unpaired) electrons. The highest BCUT2D eigenvalue weighted by atomic mass is 16.1. The molecule has 2 aromatic rings. The third-order valence-electron chi connectivity index (χ3n) is 4.06. The van der Waals surface area contributed by atoms with Crippen molar-refractivity contribution in [2.24, 2.45) is 7.05 Å². The Bertz CT molecular complexity index is 633. The van der Waals surface area contributed by atoms with E-state index in [9.17, 15) is 4.79 Å². The van der Waals surface area contributed by atoms with Gasteiger partial charge >= 0.3 is 0 Å². The van der Waals surface area contributed by atoms with Gasteiger partial charge in [0.2, 0.25) is 0 Å². The predicted molar refractivity (Wildman–Crippen MR) is 77.0 cm³/mol. The summed E-state index contributed by atoms with van der Waals surface area (Å²) in [5.41, 5.74) is 8.19. The lowest BCUT2D eigenvalue weighted by Crippen LogP contribution is -2.25. The molecule has 1 fully saturated rings. The number of nitrogens with zero attached hydrogens (tertiary/aromatic N) is 2. The van der Waals surface area contributed by atoms with E-state index in [4.69, 9.17) is 5.73 Å². The summed E-state index contributed by atoms with van der Waals surface area (Å²) in [4.78, 5) is 12.4. The SMILES string of the molecule is Cn1c(-c2ccccc2)c(N)c(=O)n1C1CCCC1. The fraction of sp³-hybridized carbons (Fsp3) is 0.400. The molecule has 1 saturated carbocycles. The van der Waals surface area contributed by atoms with E-state index >= 15 is 0 Å². The van der Waals surface area contributed by atoms with Gasteiger partial charge in [0.15, 0.2) is 0 Å². The van der Waals surface area contributed by atoms with Crippen LogP contribution in [0.1, 0.15) is 31.7 Å². The first-order chi connectivity index (χ1) is 9.20. The summed E-state index contributed by atoms with van der Waals surface area (Å²) in [6, 6.07) is 10.2. The largest absolute Gasteiger partial charge is 0.392 e. The van der Waals surface area contributed by atoms with Crippen molar-refractivity contribution in [3.63, 3.8) is 0 Å². The number of anilines is 1. The van der Waals surface area contributed by atoms with Gasteiger partial charge in [-0.3, -0.25) is 9.48 Å². The zero-order valence-corrected chi connectivity index (χ0v) is 11.2. The fourth-order valence-corrected chi connectivity index (χ4v) is 3.14. The van der Waals surface area contributed by atoms with Crippen molar-refractivity contribution < 1.29 is 0 Å². The molecular formula is C15H19N3O. The maximum absolute atomic E-state index is 12.4. The second-order valence-electron chi connectivity index (χ2n) is 5.24. The van der Waals surface area contributed by atoms with E-state index in [1.165, 1.54) is 12.8 Å². The molecular weight excluding hydrogens is 238 g/mol. The van der Waals surface area contributed by atoms with Crippen molar-refractivity contribution in [1.29, 1.82) is 0 Å². The summed E-state index contributed by atoms with van der Waals surface area (Å²) in [5.74, 6) is 0. The summed E-state index contributed by atoms with van der Waals surface area (Å²) in [6.45, 7) is 0. The minimum Gasteiger partial charge on any atom is -0.392 e. The molecule has 1 aliphatic carbocycles. The minimum absolute atomic E-state index is 0.0479. The zero-order chi connectivity index (χ0) is 13.4. The Hall–Kier alpha value is -1.97. The molecule has 4 heteroatoms. The van der Waals surface area contributed by atoms with Crippen LogP contribution in [-0.2, 0) is 7.05 Å². The molecule has 1 aromatic heterocycles. The molecule has 19 heavy (non-hydrogen) atoms. The number of nitrogens with two attached hydrogens (primary N) is 1. The van der Waals surface area contributed by atoms with Gasteiger partial charge in [-0.2, -0.15) is 0 Å². The van der Waals surface area contributed by atoms with Gasteiger partial charge in [-0.05, 0) is 12.8 Å². The molecule has 0 saturated heterocycles. The van der Waals surface area contributed by atoms with Crippen LogP contribution in [0.15, 0.2) is 35.1 Å². The quantitative estimate of drug-likeness (QED) is 0.899. The van der Waals surface area contributed by atoms with Gasteiger partial charge in [0.25, 0.3) is 5.56 Å². The number of nitrogen functional groups attached to an aromatic ring is 1. The molecule has 3 rings (SSSR count). The third kappa shape index (κ3) is 1.87. The molecule has 1 heterocycles. The molecule has 0 atom stereocenters. The summed E-state index contributed by atoms with van der Waals surface area (Å²) in [7, 11) is 1.93. The van der Waals surface area contributed by atoms with E-state index in [2.05, 4.69) is 0 Å². The molecule has 0 amide bonds. The minimum atomic E-state index is -0.0479. The molecule has 2 N–H and O–H groups in total. The van der Waals surface area contributed by atoms with Crippen LogP contribution in [0.3, 0.4) is 0 Å². The lowest BCUT2D eigenvalue weighted by Gasteiger charge is -2.15. The second-order valence-corrected chi connectivity index (χ2v) is 5.24. The maximum Gasteiger partial charge on any atom is 0.290 e. The molecule has 4 nitrogen and oxygen atoms in total. The first-order valence-electron chi connectivity index (χ1n) is 6.82. The number of hydrogen-bond acceptors (Lipinski definition) is 2. The van der Waals surface area contributed by atoms with Crippen LogP contribution >= 0.6 is 0 Å². The van der Waals surface area contributed by atoms with Crippen molar-refractivity contribution in [2.45, 2.75) is 31.7 Å². The van der Waals surface area contributed by atoms with Crippen LogP contribution < -0.4 is 11.3 Å². The highest BCUT2D eigenvalue weighted by Gasteiger charge is 2.24. The number of benzene rings is 1. The number of rotatable bonds is 2. The van der Waals surface area contributed by atoms with Gasteiger partial charge in [0, 0.05) is 12.6 Å². The highest BCUT2D eigenvalue weighted by Crippen LogP contribution is 2.31. The Labute approximate surface area is 112 Å². The standard InChI is InChI=1S/C15H19N3O/c1-17-14(11-7-3-2-4-8-11)13(16)15(19)18(17)12-9-5-6-10-12/h2-4,7-8,12H,5-6,9-10,16H2,1H3. The van der Waals surface area contributed by atoms with Gasteiger partial charge in [0.1, 0.15) is 5.69 Å². The van der Waals surface area contributed by atoms with Crippen molar-refractivity contribution in [3.05, 3.63) is 40.7 Å². The summed E-state index contributed by atoms with van der Waals surface area (Å²) >= 11 is 0. The number of aromatic nitrogens is 2. The predicted octanol–water partition coefficient (Wildman–Crippen LogP) is 2.55. The number of hydrogen-bond donors (Lipinski definition) is 1. The highest BCUT2D eigenvalue weighted by molar-refractivity contribution is 5.72. The lowest BCUT2D eigenvalue weighted by molar-refractivity contribution is 0.396. The summed E-state index contributed by atoms with van der Waals surface area (Å²) in [6.07, 6.45) is 4.54. The van der Waals surface area contributed by atoms with Crippen molar-refractivity contribution in [1.82, 2.24) is 9.36 Å². The Morgan fingerprint density at radius 1 is 1.16 bits per heavy atom. The maximum atomic E-state index is 12.4. The van der Waals surface area contributed by atoms with Crippen molar-refractivity contribution in [3.8, 4) is 11.3 Å². The van der Waals surface area contributed by atoms with Crippen LogP contribution in [-0.4, -0.2) is 9.36 Å². The van der Waals surface area contributed by atoms with Gasteiger partial charge in [-0.25, -0.2) is 4.68 Å². The molecule has 1 aromatic carbocycles. The Kier molecular flexibility index (Phi) is 2.93. The summed E-state index contributed by atoms with van der Waals surface area (Å²) in [5, 5.41) is 0. The van der Waals surface area contributed by atoms with E-state index in [-0.39, 0.29) is 5.56 Å². The molecule has 1 aliphatic rings. The molecule has 0 aliphatic heterocycles. The molecule has 100 valence electrons. The van der Waals surface area contributed by atoms with Crippen molar-refractivity contribution in [2.75, 3.05) is 5.73 Å². The van der Waals surface area contributed by atoms with E-state index < -0.39 is 0 Å². The Balaban J connectivity index is 2.17. The lowest BCUT2D eigenvalue weighted by atomic mass is 10.1. The average Bonchev–Trinajstić information content (AvgIpc) is 3.00. The zero-order valence-electron chi connectivity index (χ0n) is 11.2. The van der Waals surface area contributed by atoms with E-state index in [0.29, 0.717) is 11.7 Å². The van der Waals surface area contributed by atoms with Gasteiger partial charge in [-0.1, -0.05) is 43.2 Å². The van der Waals surface area contributed by atoms with Gasteiger partial charge in [0.05, 0.1) is 11.7 Å². The Morgan fingerprint density at radius 3 is 2.42 bits per heavy atom. The van der Waals surface area contributed by atoms with E-state index in [1.54, 1.807) is 0 Å². The first kappa shape index (κ1) is 12.1. The van der Waals surface area contributed by atoms with Gasteiger partial charge in [-0.15, -0.1) is 0 Å². The molecule has 0 bridgehead atoms. The van der Waals surface area contributed by atoms with Crippen LogP contribution in [0.25, 0.3) is 11.3 Å². The topological polar surface area (TPSA) is 52.9 Å². The van der Waals surface area contributed by atoms with Crippen LogP contribution in [0.5, 0.6) is 0 Å². The summed E-state index contributed by atoms with van der Waals surface area (Å²) < 4.78 is 3.77. The normalized spacial score (nSPS) is 16.1. The van der Waals surface area contributed by atoms with E-state index in [1.807, 2.05) is 46.7 Å². The monoisotopic (exact) mass is 257 g/mol. The van der Waals surface area contributed by atoms with Crippen LogP contribution in [0.4, 0.5) is 5.69 Å². The van der Waals surface area contributed by atoms with Crippen LogP contribution in [0, 0.1) is 0 Å². The van der Waals surface area contributed by atoms with Gasteiger partial charge < -0.3 is 5.73 Å². The fourth-order valence-electron chi connectivity index (χ4n) is 3.14. The molecule has 0 spiro atoms. The third-order valence-corrected chi connectivity index (χ3v) is 4.06. The second kappa shape index (κ2) is 4.61. The Morgan fingerprint density at radius 2 is 1.79 bits per heavy atom. The molecule has 0 unspecified atom stereocenters. The first-order valence-corrected chi connectivity index (χ1v) is 6.82. The van der Waals surface area contributed by atoms with Crippen molar-refractivity contribution >= 4 is 5.69 Å². The smallest absolute Gasteiger partial charge is 0.290 e.